The quantitative estimate of drug-likeness (QED) is 0.752. The monoisotopic (exact) mass is 396 g/mol. The highest BCUT2D eigenvalue weighted by molar-refractivity contribution is 7.89. The lowest BCUT2D eigenvalue weighted by molar-refractivity contribution is -0.123. The Morgan fingerprint density at radius 3 is 2.38 bits per heavy atom. The first kappa shape index (κ1) is 19.9. The van der Waals surface area contributed by atoms with Gasteiger partial charge in [-0.3, -0.25) is 4.79 Å². The molecule has 9 heteroatoms. The molecule has 0 fully saturated rings. The number of benzene rings is 1. The molecule has 2 aromatic rings. The highest BCUT2D eigenvalue weighted by Crippen LogP contribution is 2.12. The smallest absolute Gasteiger partial charge is 0.338 e. The van der Waals surface area contributed by atoms with Gasteiger partial charge in [-0.2, -0.15) is 0 Å². The van der Waals surface area contributed by atoms with Gasteiger partial charge in [-0.25, -0.2) is 18.2 Å². The lowest BCUT2D eigenvalue weighted by atomic mass is 10.1. The molecule has 0 spiro atoms. The van der Waals surface area contributed by atoms with Crippen LogP contribution < -0.4 is 5.32 Å². The van der Waals surface area contributed by atoms with E-state index in [9.17, 15) is 18.0 Å². The topological polar surface area (TPSA) is 102 Å². The SMILES string of the molecule is CC(OC(=O)c1ccc(CS(C)(=O)=O)cc1)C(=O)Nc1ccc(Cl)cn1. The van der Waals surface area contributed by atoms with Crippen LogP contribution in [0.4, 0.5) is 5.82 Å². The molecular formula is C17H17ClN2O5S. The summed E-state index contributed by atoms with van der Waals surface area (Å²) in [6, 6.07) is 9.05. The number of amides is 1. The molecule has 1 aromatic carbocycles. The lowest BCUT2D eigenvalue weighted by Crippen LogP contribution is -2.30. The normalized spacial score (nSPS) is 12.3. The molecule has 1 heterocycles. The first-order valence-corrected chi connectivity index (χ1v) is 9.98. The summed E-state index contributed by atoms with van der Waals surface area (Å²) in [6.07, 6.45) is 1.47. The maximum Gasteiger partial charge on any atom is 0.338 e. The largest absolute Gasteiger partial charge is 0.449 e. The maximum atomic E-state index is 12.1. The minimum Gasteiger partial charge on any atom is -0.449 e. The zero-order valence-corrected chi connectivity index (χ0v) is 15.7. The summed E-state index contributed by atoms with van der Waals surface area (Å²) in [4.78, 5) is 28.1. The van der Waals surface area contributed by atoms with E-state index in [1.807, 2.05) is 0 Å². The van der Waals surface area contributed by atoms with Gasteiger partial charge in [0.25, 0.3) is 5.91 Å². The minimum atomic E-state index is -3.16. The van der Waals surface area contributed by atoms with Crippen molar-refractivity contribution in [1.82, 2.24) is 4.98 Å². The number of rotatable bonds is 6. The molecule has 7 nitrogen and oxygen atoms in total. The summed E-state index contributed by atoms with van der Waals surface area (Å²) >= 11 is 5.72. The van der Waals surface area contributed by atoms with E-state index in [1.54, 1.807) is 6.07 Å². The number of halogens is 1. The van der Waals surface area contributed by atoms with Crippen LogP contribution in [-0.2, 0) is 25.1 Å². The highest BCUT2D eigenvalue weighted by atomic mass is 35.5. The molecule has 1 N–H and O–H groups in total. The lowest BCUT2D eigenvalue weighted by Gasteiger charge is -2.13. The zero-order valence-electron chi connectivity index (χ0n) is 14.1. The second-order valence-electron chi connectivity index (χ2n) is 5.67. The zero-order chi connectivity index (χ0) is 19.3. The van der Waals surface area contributed by atoms with E-state index >= 15 is 0 Å². The summed E-state index contributed by atoms with van der Waals surface area (Å²) in [5.74, 6) is -1.06. The van der Waals surface area contributed by atoms with Gasteiger partial charge in [0.1, 0.15) is 5.82 Å². The van der Waals surface area contributed by atoms with Crippen LogP contribution in [0.1, 0.15) is 22.8 Å². The van der Waals surface area contributed by atoms with Gasteiger partial charge < -0.3 is 10.1 Å². The summed E-state index contributed by atoms with van der Waals surface area (Å²) in [6.45, 7) is 1.43. The molecule has 26 heavy (non-hydrogen) atoms. The van der Waals surface area contributed by atoms with E-state index in [1.165, 1.54) is 43.5 Å². The van der Waals surface area contributed by atoms with Crippen molar-refractivity contribution in [3.63, 3.8) is 0 Å². The minimum absolute atomic E-state index is 0.116. The third-order valence-corrected chi connectivity index (χ3v) is 4.33. The Bertz CT molecular complexity index is 896. The third-order valence-electron chi connectivity index (χ3n) is 3.25. The first-order chi connectivity index (χ1) is 12.1. The summed E-state index contributed by atoms with van der Waals surface area (Å²) < 4.78 is 27.6. The summed E-state index contributed by atoms with van der Waals surface area (Å²) in [5.41, 5.74) is 0.773. The van der Waals surface area contributed by atoms with Crippen LogP contribution >= 0.6 is 11.6 Å². The van der Waals surface area contributed by atoms with Gasteiger partial charge in [-0.1, -0.05) is 23.7 Å². The number of carbonyl (C=O) groups is 2. The number of hydrogen-bond donors (Lipinski definition) is 1. The molecule has 2 rings (SSSR count). The number of esters is 1. The molecule has 0 radical (unpaired) electrons. The number of nitrogens with one attached hydrogen (secondary N) is 1. The Morgan fingerprint density at radius 1 is 1.19 bits per heavy atom. The number of hydrogen-bond acceptors (Lipinski definition) is 6. The third kappa shape index (κ3) is 6.12. The van der Waals surface area contributed by atoms with Crippen LogP contribution in [0.15, 0.2) is 42.6 Å². The van der Waals surface area contributed by atoms with Crippen molar-refractivity contribution >= 4 is 39.1 Å². The number of pyridine rings is 1. The van der Waals surface area contributed by atoms with Gasteiger partial charge in [-0.05, 0) is 36.8 Å². The van der Waals surface area contributed by atoms with Crippen LogP contribution in [0.25, 0.3) is 0 Å². The van der Waals surface area contributed by atoms with E-state index in [2.05, 4.69) is 10.3 Å². The molecule has 138 valence electrons. The molecule has 0 aliphatic rings. The summed E-state index contributed by atoms with van der Waals surface area (Å²) in [7, 11) is -3.16. The Morgan fingerprint density at radius 2 is 1.85 bits per heavy atom. The molecule has 1 unspecified atom stereocenters. The van der Waals surface area contributed by atoms with Crippen molar-refractivity contribution in [1.29, 1.82) is 0 Å². The van der Waals surface area contributed by atoms with Crippen molar-refractivity contribution in [2.24, 2.45) is 0 Å². The Hall–Kier alpha value is -2.45. The number of nitrogens with zero attached hydrogens (tertiary/aromatic N) is 1. The fourth-order valence-electron chi connectivity index (χ4n) is 2.00. The van der Waals surface area contributed by atoms with E-state index in [-0.39, 0.29) is 17.1 Å². The van der Waals surface area contributed by atoms with Crippen LogP contribution in [0.5, 0.6) is 0 Å². The number of ether oxygens (including phenoxy) is 1. The van der Waals surface area contributed by atoms with Crippen LogP contribution in [0.2, 0.25) is 5.02 Å². The molecule has 1 amide bonds. The van der Waals surface area contributed by atoms with E-state index in [0.717, 1.165) is 6.26 Å². The highest BCUT2D eigenvalue weighted by Gasteiger charge is 2.19. The van der Waals surface area contributed by atoms with Gasteiger partial charge >= 0.3 is 5.97 Å². The number of sulfone groups is 1. The number of aromatic nitrogens is 1. The molecule has 0 bridgehead atoms. The Balaban J connectivity index is 1.95. The van der Waals surface area contributed by atoms with Gasteiger partial charge in [-0.15, -0.1) is 0 Å². The summed E-state index contributed by atoms with van der Waals surface area (Å²) in [5, 5.41) is 2.94. The standard InChI is InChI=1S/C17H17ClN2O5S/c1-11(16(21)20-15-8-7-14(18)9-19-15)25-17(22)13-5-3-12(4-6-13)10-26(2,23)24/h3-9,11H,10H2,1-2H3,(H,19,20,21). The van der Waals surface area contributed by atoms with Crippen molar-refractivity contribution in [3.05, 3.63) is 58.7 Å². The fraction of sp³-hybridized carbons (Fsp3) is 0.235. The van der Waals surface area contributed by atoms with Crippen molar-refractivity contribution in [3.8, 4) is 0 Å². The average molecular weight is 397 g/mol. The van der Waals surface area contributed by atoms with E-state index in [0.29, 0.717) is 10.6 Å². The molecule has 0 aliphatic heterocycles. The van der Waals surface area contributed by atoms with Crippen LogP contribution in [0, 0.1) is 0 Å². The van der Waals surface area contributed by atoms with Crippen molar-refractivity contribution < 1.29 is 22.7 Å². The Labute approximate surface area is 156 Å². The number of anilines is 1. The predicted octanol–water partition coefficient (Wildman–Crippen LogP) is 2.46. The fourth-order valence-corrected chi connectivity index (χ4v) is 2.91. The number of carbonyl (C=O) groups excluding carboxylic acids is 2. The van der Waals surface area contributed by atoms with Crippen LogP contribution in [-0.4, -0.2) is 37.6 Å². The van der Waals surface area contributed by atoms with Crippen LogP contribution in [0.3, 0.4) is 0 Å². The molecule has 1 atom stereocenters. The molecule has 0 saturated heterocycles. The Kier molecular flexibility index (Phi) is 6.33. The molecular weight excluding hydrogens is 380 g/mol. The van der Waals surface area contributed by atoms with Gasteiger partial charge in [0, 0.05) is 12.5 Å². The maximum absolute atomic E-state index is 12.1. The molecule has 1 aromatic heterocycles. The average Bonchev–Trinajstić information content (AvgIpc) is 2.56. The predicted molar refractivity (Wildman–Crippen MR) is 97.7 cm³/mol. The van der Waals surface area contributed by atoms with Crippen molar-refractivity contribution in [2.75, 3.05) is 11.6 Å². The van der Waals surface area contributed by atoms with Gasteiger partial charge in [0.2, 0.25) is 0 Å². The second-order valence-corrected chi connectivity index (χ2v) is 8.24. The van der Waals surface area contributed by atoms with E-state index in [4.69, 9.17) is 16.3 Å². The molecule has 0 saturated carbocycles. The van der Waals surface area contributed by atoms with Gasteiger partial charge in [0.05, 0.1) is 16.3 Å². The first-order valence-electron chi connectivity index (χ1n) is 7.54. The van der Waals surface area contributed by atoms with Crippen molar-refractivity contribution in [2.45, 2.75) is 18.8 Å². The second kappa shape index (κ2) is 8.29. The van der Waals surface area contributed by atoms with E-state index < -0.39 is 27.8 Å². The molecule has 0 aliphatic carbocycles. The van der Waals surface area contributed by atoms with Gasteiger partial charge in [0.15, 0.2) is 15.9 Å².